The molecule has 0 heterocycles. The van der Waals surface area contributed by atoms with Crippen LogP contribution in [0.3, 0.4) is 0 Å². The van der Waals surface area contributed by atoms with Crippen LogP contribution in [0.2, 0.25) is 0 Å². The van der Waals surface area contributed by atoms with E-state index >= 15 is 0 Å². The maximum atomic E-state index is 13.8. The number of benzene rings is 1. The Kier molecular flexibility index (Phi) is 11.5. The van der Waals surface area contributed by atoms with E-state index in [0.29, 0.717) is 0 Å². The number of amides is 2. The molecule has 1 aromatic carbocycles. The lowest BCUT2D eigenvalue weighted by Gasteiger charge is -2.40. The number of carbonyl (C=O) groups is 3. The molecule has 4 N–H and O–H groups in total. The van der Waals surface area contributed by atoms with Crippen LogP contribution in [0, 0.1) is 11.3 Å². The van der Waals surface area contributed by atoms with E-state index in [2.05, 4.69) is 16.0 Å². The number of likely N-dealkylation sites (N-methyl/N-ethyl adjacent to an activating group) is 2. The quantitative estimate of drug-likeness (QED) is 0.317. The number of hydrogen-bond donors (Lipinski definition) is 4. The Morgan fingerprint density at radius 3 is 1.95 bits per heavy atom. The Morgan fingerprint density at radius 2 is 1.54 bits per heavy atom. The smallest absolute Gasteiger partial charge is 0.331 e. The molecule has 0 unspecified atom stereocenters. The highest BCUT2D eigenvalue weighted by atomic mass is 16.4. The lowest BCUT2D eigenvalue weighted by molar-refractivity contribution is -0.141. The summed E-state index contributed by atoms with van der Waals surface area (Å²) in [5.74, 6) is -1.58. The van der Waals surface area contributed by atoms with Gasteiger partial charge in [0.15, 0.2) is 0 Å². The number of nitrogens with zero attached hydrogens (tertiary/aromatic N) is 1. The van der Waals surface area contributed by atoms with Gasteiger partial charge in [0.25, 0.3) is 0 Å². The lowest BCUT2D eigenvalue weighted by atomic mass is 9.76. The first-order valence-electron chi connectivity index (χ1n) is 12.9. The van der Waals surface area contributed by atoms with Gasteiger partial charge in [0, 0.05) is 24.6 Å². The summed E-state index contributed by atoms with van der Waals surface area (Å²) in [5.41, 5.74) is 1.20. The van der Waals surface area contributed by atoms with Crippen molar-refractivity contribution < 1.29 is 19.5 Å². The first-order chi connectivity index (χ1) is 17.0. The van der Waals surface area contributed by atoms with E-state index in [1.807, 2.05) is 79.8 Å². The Hall–Kier alpha value is -2.71. The molecule has 0 aliphatic rings. The van der Waals surface area contributed by atoms with Crippen molar-refractivity contribution in [1.29, 1.82) is 0 Å². The van der Waals surface area contributed by atoms with Crippen molar-refractivity contribution in [2.75, 3.05) is 21.1 Å². The fraction of sp³-hybridized carbons (Fsp3) is 0.621. The fourth-order valence-electron chi connectivity index (χ4n) is 4.55. The molecule has 37 heavy (non-hydrogen) atoms. The Labute approximate surface area is 223 Å². The minimum atomic E-state index is -1.02. The van der Waals surface area contributed by atoms with Gasteiger partial charge in [-0.1, -0.05) is 78.8 Å². The number of aliphatic carboxylic acids is 1. The largest absolute Gasteiger partial charge is 0.478 e. The van der Waals surface area contributed by atoms with E-state index in [-0.39, 0.29) is 23.3 Å². The van der Waals surface area contributed by atoms with Gasteiger partial charge in [-0.05, 0) is 43.5 Å². The van der Waals surface area contributed by atoms with Crippen LogP contribution in [0.4, 0.5) is 0 Å². The highest BCUT2D eigenvalue weighted by Crippen LogP contribution is 2.29. The number of rotatable bonds is 12. The molecule has 0 radical (unpaired) electrons. The van der Waals surface area contributed by atoms with Crippen molar-refractivity contribution in [2.45, 2.75) is 85.5 Å². The highest BCUT2D eigenvalue weighted by molar-refractivity contribution is 5.91. The second kappa shape index (κ2) is 13.2. The van der Waals surface area contributed by atoms with E-state index in [1.54, 1.807) is 25.1 Å². The molecule has 1 aromatic rings. The summed E-state index contributed by atoms with van der Waals surface area (Å²) in [4.78, 5) is 40.4. The molecule has 1 rings (SSSR count). The second-order valence-electron chi connectivity index (χ2n) is 11.8. The number of nitrogens with one attached hydrogen (secondary N) is 3. The van der Waals surface area contributed by atoms with E-state index in [4.69, 9.17) is 0 Å². The molecule has 8 heteroatoms. The van der Waals surface area contributed by atoms with Crippen LogP contribution in [-0.4, -0.2) is 67.1 Å². The first kappa shape index (κ1) is 32.3. The third-order valence-corrected chi connectivity index (χ3v) is 6.99. The molecular formula is C29H48N4O4. The van der Waals surface area contributed by atoms with Crippen LogP contribution < -0.4 is 16.0 Å². The predicted molar refractivity (Wildman–Crippen MR) is 149 cm³/mol. The SMILES string of the molecule is CNCc1ccc(C(C)(C)[C@H](NC)C(=O)N[C@H](C(=O)N(C)[C@H](/C=C(\C)C(=O)O)C(C)C)C(C)(C)C)cc1. The standard InChI is InChI=1S/C29H48N4O4/c1-18(2)22(16-19(3)27(36)37)33(11)26(35)24(28(4,5)6)32-25(34)23(31-10)29(7,8)21-14-12-20(13-15-21)17-30-9/h12-16,18,22-24,30-31H,17H2,1-11H3,(H,32,34)(H,36,37)/b19-16+/t22-,23-,24-/m1/s1. The van der Waals surface area contributed by atoms with Crippen LogP contribution in [0.1, 0.15) is 66.5 Å². The summed E-state index contributed by atoms with van der Waals surface area (Å²) in [5, 5.41) is 18.7. The third-order valence-electron chi connectivity index (χ3n) is 6.99. The minimum absolute atomic E-state index is 0.0190. The van der Waals surface area contributed by atoms with Crippen molar-refractivity contribution in [2.24, 2.45) is 11.3 Å². The zero-order valence-corrected chi connectivity index (χ0v) is 24.5. The Morgan fingerprint density at radius 1 is 1.00 bits per heavy atom. The van der Waals surface area contributed by atoms with Gasteiger partial charge in [0.05, 0.1) is 12.1 Å². The van der Waals surface area contributed by atoms with Gasteiger partial charge in [-0.2, -0.15) is 0 Å². The zero-order valence-electron chi connectivity index (χ0n) is 24.5. The van der Waals surface area contributed by atoms with E-state index < -0.39 is 34.9 Å². The molecule has 0 aliphatic carbocycles. The average molecular weight is 517 g/mol. The van der Waals surface area contributed by atoms with Gasteiger partial charge in [-0.3, -0.25) is 9.59 Å². The summed E-state index contributed by atoms with van der Waals surface area (Å²) < 4.78 is 0. The molecule has 0 aliphatic heterocycles. The monoisotopic (exact) mass is 516 g/mol. The van der Waals surface area contributed by atoms with Crippen LogP contribution in [0.25, 0.3) is 0 Å². The van der Waals surface area contributed by atoms with E-state index in [1.165, 1.54) is 6.92 Å². The van der Waals surface area contributed by atoms with Crippen molar-refractivity contribution in [1.82, 2.24) is 20.9 Å². The van der Waals surface area contributed by atoms with Gasteiger partial charge in [-0.25, -0.2) is 4.79 Å². The van der Waals surface area contributed by atoms with Crippen LogP contribution in [-0.2, 0) is 26.3 Å². The number of carbonyl (C=O) groups excluding carboxylic acids is 2. The van der Waals surface area contributed by atoms with Gasteiger partial charge < -0.3 is 26.0 Å². The van der Waals surface area contributed by atoms with Crippen LogP contribution in [0.15, 0.2) is 35.9 Å². The Bertz CT molecular complexity index is 961. The average Bonchev–Trinajstić information content (AvgIpc) is 2.79. The van der Waals surface area contributed by atoms with Gasteiger partial charge in [0.2, 0.25) is 11.8 Å². The number of carboxylic acid groups (broad SMARTS) is 1. The lowest BCUT2D eigenvalue weighted by Crippen LogP contribution is -2.61. The molecule has 2 amide bonds. The molecule has 208 valence electrons. The molecule has 0 spiro atoms. The molecule has 0 saturated carbocycles. The summed E-state index contributed by atoms with van der Waals surface area (Å²) in [6, 6.07) is 6.33. The Balaban J connectivity index is 3.29. The summed E-state index contributed by atoms with van der Waals surface area (Å²) >= 11 is 0. The maximum absolute atomic E-state index is 13.8. The molecular weight excluding hydrogens is 468 g/mol. The maximum Gasteiger partial charge on any atom is 0.331 e. The van der Waals surface area contributed by atoms with Gasteiger partial charge >= 0.3 is 5.97 Å². The third kappa shape index (κ3) is 8.40. The van der Waals surface area contributed by atoms with E-state index in [0.717, 1.165) is 17.7 Å². The minimum Gasteiger partial charge on any atom is -0.478 e. The molecule has 0 bridgehead atoms. The topological polar surface area (TPSA) is 111 Å². The summed E-state index contributed by atoms with van der Waals surface area (Å²) in [6.45, 7) is 15.9. The fourth-order valence-corrected chi connectivity index (χ4v) is 4.55. The predicted octanol–water partition coefficient (Wildman–Crippen LogP) is 3.32. The van der Waals surface area contributed by atoms with Gasteiger partial charge in [-0.15, -0.1) is 0 Å². The van der Waals surface area contributed by atoms with Crippen molar-refractivity contribution in [3.63, 3.8) is 0 Å². The highest BCUT2D eigenvalue weighted by Gasteiger charge is 2.41. The molecule has 0 aromatic heterocycles. The van der Waals surface area contributed by atoms with Crippen LogP contribution >= 0.6 is 0 Å². The number of hydrogen-bond acceptors (Lipinski definition) is 5. The molecule has 0 fully saturated rings. The summed E-state index contributed by atoms with van der Waals surface area (Å²) in [6.07, 6.45) is 1.60. The van der Waals surface area contributed by atoms with Crippen LogP contribution in [0.5, 0.6) is 0 Å². The molecule has 0 saturated heterocycles. The second-order valence-corrected chi connectivity index (χ2v) is 11.8. The molecule has 3 atom stereocenters. The number of carboxylic acids is 1. The van der Waals surface area contributed by atoms with Crippen molar-refractivity contribution in [3.8, 4) is 0 Å². The summed E-state index contributed by atoms with van der Waals surface area (Å²) in [7, 11) is 5.31. The van der Waals surface area contributed by atoms with Crippen molar-refractivity contribution >= 4 is 17.8 Å². The van der Waals surface area contributed by atoms with E-state index in [9.17, 15) is 19.5 Å². The molecule has 8 nitrogen and oxygen atoms in total. The zero-order chi connectivity index (χ0) is 28.7. The first-order valence-corrected chi connectivity index (χ1v) is 12.9. The normalized spacial score (nSPS) is 15.2. The van der Waals surface area contributed by atoms with Gasteiger partial charge in [0.1, 0.15) is 6.04 Å². The van der Waals surface area contributed by atoms with Crippen molar-refractivity contribution in [3.05, 3.63) is 47.0 Å².